The van der Waals surface area contributed by atoms with Crippen molar-refractivity contribution in [3.63, 3.8) is 0 Å². The monoisotopic (exact) mass is 365 g/mol. The second-order valence-electron chi connectivity index (χ2n) is 7.19. The molecular formula is C22H24FN3O. The standard InChI is InChI=1S/C22H24FN3O/c1-16(22(27)19-14-24-21-9-5-3-7-18(19)21)26-12-10-25(11-13-26)15-17-6-2-4-8-20(17)23/h2-9,14,16,24H,10-13,15H2,1H3. The van der Waals surface area contributed by atoms with Crippen LogP contribution in [0, 0.1) is 5.82 Å². The number of benzene rings is 2. The lowest BCUT2D eigenvalue weighted by Crippen LogP contribution is -2.51. The molecule has 1 unspecified atom stereocenters. The van der Waals surface area contributed by atoms with Crippen LogP contribution in [0.2, 0.25) is 0 Å². The van der Waals surface area contributed by atoms with Crippen LogP contribution in [-0.2, 0) is 6.54 Å². The Balaban J connectivity index is 1.39. The number of hydrogen-bond acceptors (Lipinski definition) is 3. The predicted octanol–water partition coefficient (Wildman–Crippen LogP) is 3.70. The molecule has 2 aromatic carbocycles. The number of rotatable bonds is 5. The topological polar surface area (TPSA) is 39.3 Å². The SMILES string of the molecule is CC(C(=O)c1c[nH]c2ccccc12)N1CCN(Cc2ccccc2F)CC1. The van der Waals surface area contributed by atoms with E-state index >= 15 is 0 Å². The van der Waals surface area contributed by atoms with Gasteiger partial charge in [0.15, 0.2) is 5.78 Å². The number of aromatic amines is 1. The molecule has 1 atom stereocenters. The van der Waals surface area contributed by atoms with Crippen molar-refractivity contribution in [1.29, 1.82) is 0 Å². The number of piperazine rings is 1. The zero-order chi connectivity index (χ0) is 18.8. The summed E-state index contributed by atoms with van der Waals surface area (Å²) in [6.07, 6.45) is 1.82. The number of aromatic nitrogens is 1. The lowest BCUT2D eigenvalue weighted by molar-refractivity contribution is 0.0687. The first-order valence-electron chi connectivity index (χ1n) is 9.43. The van der Waals surface area contributed by atoms with Crippen LogP contribution in [0.15, 0.2) is 54.7 Å². The van der Waals surface area contributed by atoms with Crippen LogP contribution < -0.4 is 0 Å². The van der Waals surface area contributed by atoms with Crippen molar-refractivity contribution >= 4 is 16.7 Å². The Morgan fingerprint density at radius 3 is 2.56 bits per heavy atom. The maximum absolute atomic E-state index is 13.9. The van der Waals surface area contributed by atoms with E-state index in [1.165, 1.54) is 6.07 Å². The summed E-state index contributed by atoms with van der Waals surface area (Å²) >= 11 is 0. The quantitative estimate of drug-likeness (QED) is 0.701. The van der Waals surface area contributed by atoms with Gasteiger partial charge in [-0.25, -0.2) is 4.39 Å². The van der Waals surface area contributed by atoms with Gasteiger partial charge in [-0.05, 0) is 19.1 Å². The minimum Gasteiger partial charge on any atom is -0.360 e. The van der Waals surface area contributed by atoms with E-state index in [-0.39, 0.29) is 17.6 Å². The minimum atomic E-state index is -0.167. The van der Waals surface area contributed by atoms with Gasteiger partial charge in [0, 0.05) is 61.0 Å². The number of ketones is 1. The highest BCUT2D eigenvalue weighted by atomic mass is 19.1. The minimum absolute atomic E-state index is 0.148. The molecule has 0 radical (unpaired) electrons. The molecule has 0 amide bonds. The Morgan fingerprint density at radius 1 is 1.07 bits per heavy atom. The Bertz CT molecular complexity index is 943. The van der Waals surface area contributed by atoms with Gasteiger partial charge in [0.25, 0.3) is 0 Å². The van der Waals surface area contributed by atoms with Gasteiger partial charge in [0.1, 0.15) is 5.82 Å². The molecule has 1 saturated heterocycles. The molecule has 27 heavy (non-hydrogen) atoms. The molecule has 1 aromatic heterocycles. The van der Waals surface area contributed by atoms with Crippen LogP contribution in [0.25, 0.3) is 10.9 Å². The van der Waals surface area contributed by atoms with Gasteiger partial charge in [-0.15, -0.1) is 0 Å². The van der Waals surface area contributed by atoms with Crippen LogP contribution >= 0.6 is 0 Å². The van der Waals surface area contributed by atoms with Gasteiger partial charge in [-0.3, -0.25) is 14.6 Å². The van der Waals surface area contributed by atoms with E-state index in [1.54, 1.807) is 6.07 Å². The summed E-state index contributed by atoms with van der Waals surface area (Å²) in [5.74, 6) is -0.00202. The number of hydrogen-bond donors (Lipinski definition) is 1. The first-order valence-corrected chi connectivity index (χ1v) is 9.43. The fourth-order valence-corrected chi connectivity index (χ4v) is 3.84. The number of carbonyl (C=O) groups is 1. The fourth-order valence-electron chi connectivity index (χ4n) is 3.84. The van der Waals surface area contributed by atoms with E-state index in [1.807, 2.05) is 49.5 Å². The lowest BCUT2D eigenvalue weighted by atomic mass is 10.0. The van der Waals surface area contributed by atoms with E-state index in [9.17, 15) is 9.18 Å². The molecule has 0 bridgehead atoms. The van der Waals surface area contributed by atoms with Crippen molar-refractivity contribution in [3.05, 3.63) is 71.7 Å². The third kappa shape index (κ3) is 3.66. The number of H-pyrrole nitrogens is 1. The summed E-state index contributed by atoms with van der Waals surface area (Å²) < 4.78 is 13.9. The molecule has 2 heterocycles. The molecule has 0 aliphatic carbocycles. The second kappa shape index (κ2) is 7.62. The Labute approximate surface area is 158 Å². The number of Topliss-reactive ketones (excluding diaryl/α,β-unsaturated/α-hetero) is 1. The molecule has 3 aromatic rings. The molecule has 4 rings (SSSR count). The summed E-state index contributed by atoms with van der Waals surface area (Å²) in [4.78, 5) is 20.7. The van der Waals surface area contributed by atoms with Crippen molar-refractivity contribution in [3.8, 4) is 0 Å². The summed E-state index contributed by atoms with van der Waals surface area (Å²) in [6.45, 7) is 5.88. The molecule has 140 valence electrons. The van der Waals surface area contributed by atoms with Crippen molar-refractivity contribution < 1.29 is 9.18 Å². The summed E-state index contributed by atoms with van der Waals surface area (Å²) in [7, 11) is 0. The Hall–Kier alpha value is -2.50. The van der Waals surface area contributed by atoms with Crippen molar-refractivity contribution in [2.45, 2.75) is 19.5 Å². The molecule has 1 N–H and O–H groups in total. The van der Waals surface area contributed by atoms with Crippen LogP contribution in [0.5, 0.6) is 0 Å². The molecular weight excluding hydrogens is 341 g/mol. The zero-order valence-electron chi connectivity index (χ0n) is 15.5. The number of nitrogens with zero attached hydrogens (tertiary/aromatic N) is 2. The number of carbonyl (C=O) groups excluding carboxylic acids is 1. The third-order valence-electron chi connectivity index (χ3n) is 5.54. The molecule has 1 aliphatic rings. The van der Waals surface area contributed by atoms with Crippen LogP contribution in [0.1, 0.15) is 22.8 Å². The molecule has 1 fully saturated rings. The van der Waals surface area contributed by atoms with E-state index in [4.69, 9.17) is 0 Å². The van der Waals surface area contributed by atoms with E-state index in [2.05, 4.69) is 14.8 Å². The lowest BCUT2D eigenvalue weighted by Gasteiger charge is -2.37. The number of nitrogens with one attached hydrogen (secondary N) is 1. The first-order chi connectivity index (χ1) is 13.1. The highest BCUT2D eigenvalue weighted by Crippen LogP contribution is 2.21. The molecule has 0 saturated carbocycles. The van der Waals surface area contributed by atoms with Crippen molar-refractivity contribution in [2.75, 3.05) is 26.2 Å². The molecule has 0 spiro atoms. The highest BCUT2D eigenvalue weighted by molar-refractivity contribution is 6.10. The van der Waals surface area contributed by atoms with Gasteiger partial charge >= 0.3 is 0 Å². The number of para-hydroxylation sites is 1. The van der Waals surface area contributed by atoms with Crippen LogP contribution in [0.3, 0.4) is 0 Å². The van der Waals surface area contributed by atoms with Gasteiger partial charge in [-0.1, -0.05) is 36.4 Å². The van der Waals surface area contributed by atoms with Crippen LogP contribution in [0.4, 0.5) is 4.39 Å². The van der Waals surface area contributed by atoms with E-state index in [0.29, 0.717) is 6.54 Å². The summed E-state index contributed by atoms with van der Waals surface area (Å²) in [6, 6.07) is 14.7. The highest BCUT2D eigenvalue weighted by Gasteiger charge is 2.27. The van der Waals surface area contributed by atoms with Gasteiger partial charge < -0.3 is 4.98 Å². The van der Waals surface area contributed by atoms with Crippen molar-refractivity contribution in [2.24, 2.45) is 0 Å². The van der Waals surface area contributed by atoms with E-state index in [0.717, 1.165) is 48.2 Å². The normalized spacial score (nSPS) is 17.3. The Kier molecular flexibility index (Phi) is 5.05. The average molecular weight is 365 g/mol. The van der Waals surface area contributed by atoms with Gasteiger partial charge in [0.2, 0.25) is 0 Å². The van der Waals surface area contributed by atoms with Crippen LogP contribution in [-0.4, -0.2) is 52.8 Å². The average Bonchev–Trinajstić information content (AvgIpc) is 3.13. The largest absolute Gasteiger partial charge is 0.360 e. The zero-order valence-corrected chi connectivity index (χ0v) is 15.5. The summed E-state index contributed by atoms with van der Waals surface area (Å²) in [5.41, 5.74) is 2.48. The van der Waals surface area contributed by atoms with E-state index < -0.39 is 0 Å². The fraction of sp³-hybridized carbons (Fsp3) is 0.318. The maximum Gasteiger partial charge on any atom is 0.181 e. The Morgan fingerprint density at radius 2 is 1.78 bits per heavy atom. The number of halogens is 1. The molecule has 1 aliphatic heterocycles. The second-order valence-corrected chi connectivity index (χ2v) is 7.19. The molecule has 5 heteroatoms. The number of fused-ring (bicyclic) bond motifs is 1. The van der Waals surface area contributed by atoms with Gasteiger partial charge in [-0.2, -0.15) is 0 Å². The molecule has 4 nitrogen and oxygen atoms in total. The third-order valence-corrected chi connectivity index (χ3v) is 5.54. The van der Waals surface area contributed by atoms with Gasteiger partial charge in [0.05, 0.1) is 6.04 Å². The summed E-state index contributed by atoms with van der Waals surface area (Å²) in [5, 5.41) is 0.979. The first kappa shape index (κ1) is 17.9. The smallest absolute Gasteiger partial charge is 0.181 e. The maximum atomic E-state index is 13.9. The predicted molar refractivity (Wildman–Crippen MR) is 105 cm³/mol. The van der Waals surface area contributed by atoms with Crippen molar-refractivity contribution in [1.82, 2.24) is 14.8 Å².